The number of hydrogen-bond acceptors (Lipinski definition) is 3. The normalized spacial score (nSPS) is 10.9. The fourth-order valence-electron chi connectivity index (χ4n) is 0.960. The zero-order chi connectivity index (χ0) is 12.8. The van der Waals surface area contributed by atoms with Crippen molar-refractivity contribution < 1.29 is 16.9 Å². The quantitative estimate of drug-likeness (QED) is 0.475. The molecule has 0 aromatic heterocycles. The Balaban J connectivity index is 0.000000385. The Morgan fingerprint density at radius 2 is 1.94 bits per heavy atom. The van der Waals surface area contributed by atoms with Crippen molar-refractivity contribution in [2.24, 2.45) is 0 Å². The van der Waals surface area contributed by atoms with Crippen LogP contribution < -0.4 is 0 Å². The summed E-state index contributed by atoms with van der Waals surface area (Å²) in [5, 5.41) is 2.09. The molecule has 0 heterocycles. The third kappa shape index (κ3) is 11.9. The summed E-state index contributed by atoms with van der Waals surface area (Å²) in [6.07, 6.45) is 0. The molecule has 0 aliphatic carbocycles. The van der Waals surface area contributed by atoms with E-state index in [1.807, 2.05) is 12.1 Å². The van der Waals surface area contributed by atoms with Crippen LogP contribution in [0.1, 0.15) is 5.56 Å². The van der Waals surface area contributed by atoms with E-state index >= 15 is 0 Å². The molecule has 16 heavy (non-hydrogen) atoms. The minimum atomic E-state index is -5.42. The SMILES string of the molecule is C[Se+](C)Cc1cccc(Cl)c1.O=S(=O)([O-])F. The summed E-state index contributed by atoms with van der Waals surface area (Å²) < 4.78 is 35.3. The Morgan fingerprint density at radius 3 is 2.31 bits per heavy atom. The van der Waals surface area contributed by atoms with Crippen molar-refractivity contribution in [1.82, 2.24) is 0 Å². The van der Waals surface area contributed by atoms with Gasteiger partial charge in [-0.3, -0.25) is 0 Å². The number of halogens is 2. The van der Waals surface area contributed by atoms with Crippen LogP contribution in [-0.2, 0) is 15.8 Å². The Morgan fingerprint density at radius 1 is 1.44 bits per heavy atom. The second kappa shape index (κ2) is 7.25. The molecule has 3 nitrogen and oxygen atoms in total. The van der Waals surface area contributed by atoms with Gasteiger partial charge in [-0.2, -0.15) is 0 Å². The summed E-state index contributed by atoms with van der Waals surface area (Å²) in [6, 6.07) is 8.15. The van der Waals surface area contributed by atoms with Crippen molar-refractivity contribution >= 4 is 36.0 Å². The first-order chi connectivity index (χ1) is 7.18. The monoisotopic (exact) mass is 334 g/mol. The van der Waals surface area contributed by atoms with E-state index in [1.165, 1.54) is 10.9 Å². The molecule has 0 saturated carbocycles. The second-order valence-electron chi connectivity index (χ2n) is 3.15. The molecule has 0 N–H and O–H groups in total. The topological polar surface area (TPSA) is 57.2 Å². The van der Waals surface area contributed by atoms with Crippen LogP contribution in [-0.4, -0.2) is 26.9 Å². The zero-order valence-electron chi connectivity index (χ0n) is 8.81. The van der Waals surface area contributed by atoms with Gasteiger partial charge in [0.2, 0.25) is 0 Å². The van der Waals surface area contributed by atoms with E-state index in [0.717, 1.165) is 5.02 Å². The number of rotatable bonds is 2. The molecule has 0 bridgehead atoms. The Kier molecular flexibility index (Phi) is 7.19. The molecule has 0 unspecified atom stereocenters. The van der Waals surface area contributed by atoms with Crippen LogP contribution in [0, 0.1) is 0 Å². The standard InChI is InChI=1S/C9H12ClSe.FHO3S/c1-11(2)7-8-4-3-5-9(10)6-8;1-5(2,3)4/h3-6H,7H2,1-2H3;(H,2,3,4)/q+1;/p-1. The maximum atomic E-state index is 10.1. The molecule has 92 valence electrons. The molecule has 0 spiro atoms. The first kappa shape index (κ1) is 15.9. The number of hydrogen-bond donors (Lipinski definition) is 0. The van der Waals surface area contributed by atoms with Crippen LogP contribution in [0.15, 0.2) is 24.3 Å². The Labute approximate surface area is 105 Å². The van der Waals surface area contributed by atoms with E-state index in [1.54, 1.807) is 0 Å². The molecule has 0 aliphatic heterocycles. The van der Waals surface area contributed by atoms with Crippen LogP contribution in [0.2, 0.25) is 16.7 Å². The largest absolute Gasteiger partial charge is 0.722 e. The Hall–Kier alpha value is -0.131. The molecule has 0 radical (unpaired) electrons. The van der Waals surface area contributed by atoms with Crippen molar-refractivity contribution in [3.8, 4) is 0 Å². The molecule has 0 aliphatic rings. The molecule has 0 fully saturated rings. The zero-order valence-corrected chi connectivity index (χ0v) is 12.1. The minimum Gasteiger partial charge on any atom is -0.722 e. The van der Waals surface area contributed by atoms with Crippen LogP contribution in [0.25, 0.3) is 0 Å². The van der Waals surface area contributed by atoms with Gasteiger partial charge in [0.15, 0.2) is 0 Å². The third-order valence-corrected chi connectivity index (χ3v) is 3.49. The minimum absolute atomic E-state index is 0.359. The summed E-state index contributed by atoms with van der Waals surface area (Å²) in [5.74, 6) is 4.67. The first-order valence-electron chi connectivity index (χ1n) is 4.12. The van der Waals surface area contributed by atoms with Crippen molar-refractivity contribution in [3.63, 3.8) is 0 Å². The van der Waals surface area contributed by atoms with Gasteiger partial charge in [-0.15, -0.1) is 3.89 Å². The van der Waals surface area contributed by atoms with Gasteiger partial charge >= 0.3 is 77.3 Å². The fraction of sp³-hybridized carbons (Fsp3) is 0.333. The predicted molar refractivity (Wildman–Crippen MR) is 63.4 cm³/mol. The van der Waals surface area contributed by atoms with Gasteiger partial charge in [0.25, 0.3) is 10.5 Å². The number of benzene rings is 1. The average molecular weight is 334 g/mol. The molecular weight excluding hydrogens is 322 g/mol. The molecule has 1 aromatic carbocycles. The van der Waals surface area contributed by atoms with Crippen molar-refractivity contribution in [1.29, 1.82) is 0 Å². The van der Waals surface area contributed by atoms with Gasteiger partial charge in [-0.25, -0.2) is 8.42 Å². The fourth-order valence-corrected chi connectivity index (χ4v) is 2.95. The molecule has 1 aromatic rings. The third-order valence-electron chi connectivity index (χ3n) is 1.34. The van der Waals surface area contributed by atoms with E-state index in [4.69, 9.17) is 24.6 Å². The van der Waals surface area contributed by atoms with Gasteiger partial charge in [0.1, 0.15) is 0 Å². The van der Waals surface area contributed by atoms with E-state index in [0.29, 0.717) is 0 Å². The maximum absolute atomic E-state index is 10.1. The molecular formula is C9H12ClFO3SSe. The van der Waals surface area contributed by atoms with Crippen LogP contribution in [0.4, 0.5) is 3.89 Å². The second-order valence-corrected chi connectivity index (χ2v) is 9.12. The Bertz CT molecular complexity index is 415. The summed E-state index contributed by atoms with van der Waals surface area (Å²) in [7, 11) is -5.42. The van der Waals surface area contributed by atoms with E-state index in [-0.39, 0.29) is 13.9 Å². The summed E-state index contributed by atoms with van der Waals surface area (Å²) in [4.78, 5) is 0. The van der Waals surface area contributed by atoms with Gasteiger partial charge in [-0.05, 0) is 0 Å². The van der Waals surface area contributed by atoms with Gasteiger partial charge in [0.05, 0.1) is 0 Å². The van der Waals surface area contributed by atoms with Crippen LogP contribution in [0.5, 0.6) is 0 Å². The smallest absolute Gasteiger partial charge is 0.255 e. The van der Waals surface area contributed by atoms with Crippen LogP contribution >= 0.6 is 11.6 Å². The molecule has 0 amide bonds. The predicted octanol–water partition coefficient (Wildman–Crippen LogP) is 2.59. The van der Waals surface area contributed by atoms with E-state index in [9.17, 15) is 3.89 Å². The van der Waals surface area contributed by atoms with E-state index in [2.05, 4.69) is 23.8 Å². The summed E-state index contributed by atoms with van der Waals surface area (Å²) in [6.45, 7) is 0. The molecule has 0 saturated heterocycles. The molecule has 0 atom stereocenters. The van der Waals surface area contributed by atoms with Crippen molar-refractivity contribution in [2.75, 3.05) is 0 Å². The first-order valence-corrected chi connectivity index (χ1v) is 10.4. The summed E-state index contributed by atoms with van der Waals surface area (Å²) >= 11 is 5.48. The summed E-state index contributed by atoms with van der Waals surface area (Å²) in [5.41, 5.74) is 1.38. The molecule has 7 heteroatoms. The van der Waals surface area contributed by atoms with Crippen molar-refractivity contribution in [2.45, 2.75) is 17.0 Å². The van der Waals surface area contributed by atoms with E-state index < -0.39 is 10.5 Å². The average Bonchev–Trinajstić information content (AvgIpc) is 1.98. The van der Waals surface area contributed by atoms with Crippen molar-refractivity contribution in [3.05, 3.63) is 34.9 Å². The van der Waals surface area contributed by atoms with Gasteiger partial charge in [0, 0.05) is 0 Å². The van der Waals surface area contributed by atoms with Gasteiger partial charge < -0.3 is 4.55 Å². The molecule has 1 rings (SSSR count). The van der Waals surface area contributed by atoms with Crippen LogP contribution in [0.3, 0.4) is 0 Å². The van der Waals surface area contributed by atoms with Gasteiger partial charge in [-0.1, -0.05) is 0 Å². The maximum Gasteiger partial charge on any atom is 0.255 e.